The van der Waals surface area contributed by atoms with Gasteiger partial charge in [-0.25, -0.2) is 4.39 Å². The van der Waals surface area contributed by atoms with E-state index < -0.39 is 0 Å². The summed E-state index contributed by atoms with van der Waals surface area (Å²) in [4.78, 5) is 15.0. The Morgan fingerprint density at radius 3 is 2.62 bits per heavy atom. The predicted molar refractivity (Wildman–Crippen MR) is 94.4 cm³/mol. The van der Waals surface area contributed by atoms with Crippen LogP contribution in [0.1, 0.15) is 41.5 Å². The third-order valence-corrected chi connectivity index (χ3v) is 4.92. The van der Waals surface area contributed by atoms with E-state index >= 15 is 0 Å². The fraction of sp³-hybridized carbons (Fsp3) is 0.450. The molecule has 3 nitrogen and oxygen atoms in total. The minimum atomic E-state index is -0.253. The highest BCUT2D eigenvalue weighted by atomic mass is 19.1. The second-order valence-electron chi connectivity index (χ2n) is 7.00. The first-order valence-corrected chi connectivity index (χ1v) is 8.66. The van der Waals surface area contributed by atoms with Crippen LogP contribution in [0.3, 0.4) is 0 Å². The van der Waals surface area contributed by atoms with Crippen LogP contribution in [-0.4, -0.2) is 34.9 Å². The van der Waals surface area contributed by atoms with Crippen LogP contribution in [0.25, 0.3) is 5.69 Å². The molecule has 0 spiro atoms. The van der Waals surface area contributed by atoms with Crippen molar-refractivity contribution in [1.82, 2.24) is 9.47 Å². The summed E-state index contributed by atoms with van der Waals surface area (Å²) in [6.07, 6.45) is 2.42. The van der Waals surface area contributed by atoms with Crippen molar-refractivity contribution in [1.29, 1.82) is 0 Å². The van der Waals surface area contributed by atoms with Crippen LogP contribution in [0.5, 0.6) is 0 Å². The maximum Gasteiger partial charge on any atom is 0.178 e. The lowest BCUT2D eigenvalue weighted by Crippen LogP contribution is -2.38. The molecule has 0 radical (unpaired) electrons. The maximum absolute atomic E-state index is 13.2. The highest BCUT2D eigenvalue weighted by Gasteiger charge is 2.22. The Kier molecular flexibility index (Phi) is 4.86. The second-order valence-corrected chi connectivity index (χ2v) is 7.00. The molecule has 3 rings (SSSR count). The summed E-state index contributed by atoms with van der Waals surface area (Å²) in [6, 6.07) is 8.34. The number of hydrogen-bond donors (Lipinski definition) is 0. The third kappa shape index (κ3) is 3.44. The van der Waals surface area contributed by atoms with Crippen molar-refractivity contribution in [3.05, 3.63) is 53.1 Å². The van der Waals surface area contributed by atoms with E-state index in [0.29, 0.717) is 12.5 Å². The summed E-state index contributed by atoms with van der Waals surface area (Å²) in [7, 11) is 0. The van der Waals surface area contributed by atoms with Gasteiger partial charge in [-0.3, -0.25) is 9.69 Å². The van der Waals surface area contributed by atoms with Gasteiger partial charge in [-0.05, 0) is 69.5 Å². The lowest BCUT2D eigenvalue weighted by Gasteiger charge is -2.30. The molecule has 128 valence electrons. The largest absolute Gasteiger partial charge is 0.318 e. The minimum absolute atomic E-state index is 0.172. The molecule has 2 heterocycles. The monoisotopic (exact) mass is 328 g/mol. The van der Waals surface area contributed by atoms with Gasteiger partial charge < -0.3 is 4.57 Å². The standard InChI is InChI=1S/C20H25FN2O/c1-14-5-4-10-22(12-14)13-20(24)19-11-15(2)23(16(19)3)18-8-6-17(21)7-9-18/h6-9,11,14H,4-5,10,12-13H2,1-3H3/t14-/m0/s1. The Labute approximate surface area is 143 Å². The van der Waals surface area contributed by atoms with Crippen molar-refractivity contribution in [2.24, 2.45) is 5.92 Å². The zero-order valence-electron chi connectivity index (χ0n) is 14.7. The van der Waals surface area contributed by atoms with Crippen molar-refractivity contribution >= 4 is 5.78 Å². The number of aryl methyl sites for hydroxylation is 1. The van der Waals surface area contributed by atoms with E-state index in [9.17, 15) is 9.18 Å². The molecule has 1 aromatic carbocycles. The van der Waals surface area contributed by atoms with Gasteiger partial charge in [0.2, 0.25) is 0 Å². The van der Waals surface area contributed by atoms with Gasteiger partial charge in [-0.2, -0.15) is 0 Å². The first-order valence-electron chi connectivity index (χ1n) is 8.66. The summed E-state index contributed by atoms with van der Waals surface area (Å²) in [5, 5.41) is 0. The highest BCUT2D eigenvalue weighted by molar-refractivity contribution is 5.99. The number of likely N-dealkylation sites (tertiary alicyclic amines) is 1. The van der Waals surface area contributed by atoms with E-state index in [1.54, 1.807) is 12.1 Å². The number of aromatic nitrogens is 1. The van der Waals surface area contributed by atoms with Gasteiger partial charge in [0, 0.05) is 29.2 Å². The smallest absolute Gasteiger partial charge is 0.178 e. The molecule has 24 heavy (non-hydrogen) atoms. The molecule has 2 aromatic rings. The van der Waals surface area contributed by atoms with Gasteiger partial charge in [-0.1, -0.05) is 6.92 Å². The average molecular weight is 328 g/mol. The van der Waals surface area contributed by atoms with Crippen LogP contribution >= 0.6 is 0 Å². The van der Waals surface area contributed by atoms with Gasteiger partial charge in [0.05, 0.1) is 6.54 Å². The number of Topliss-reactive ketones (excluding diaryl/α,β-unsaturated/α-hetero) is 1. The number of ketones is 1. The summed E-state index contributed by atoms with van der Waals surface area (Å²) in [5.74, 6) is 0.584. The quantitative estimate of drug-likeness (QED) is 0.788. The SMILES string of the molecule is Cc1cc(C(=O)CN2CCC[C@H](C)C2)c(C)n1-c1ccc(F)cc1. The number of piperidine rings is 1. The van der Waals surface area contributed by atoms with Crippen LogP contribution < -0.4 is 0 Å². The van der Waals surface area contributed by atoms with E-state index in [4.69, 9.17) is 0 Å². The van der Waals surface area contributed by atoms with E-state index in [-0.39, 0.29) is 11.6 Å². The zero-order valence-corrected chi connectivity index (χ0v) is 14.7. The van der Waals surface area contributed by atoms with E-state index in [1.807, 2.05) is 24.5 Å². The summed E-state index contributed by atoms with van der Waals surface area (Å²) >= 11 is 0. The predicted octanol–water partition coefficient (Wildman–Crippen LogP) is 4.15. The van der Waals surface area contributed by atoms with Crippen LogP contribution in [-0.2, 0) is 0 Å². The second kappa shape index (κ2) is 6.89. The molecular formula is C20H25FN2O. The van der Waals surface area contributed by atoms with Crippen molar-refractivity contribution in [2.45, 2.75) is 33.6 Å². The molecule has 0 bridgehead atoms. The highest BCUT2D eigenvalue weighted by Crippen LogP contribution is 2.23. The summed E-state index contributed by atoms with van der Waals surface area (Å²) < 4.78 is 15.2. The normalized spacial score (nSPS) is 18.8. The van der Waals surface area contributed by atoms with Crippen LogP contribution in [0.15, 0.2) is 30.3 Å². The first-order chi connectivity index (χ1) is 11.5. The van der Waals surface area contributed by atoms with Crippen molar-refractivity contribution in [3.8, 4) is 5.69 Å². The maximum atomic E-state index is 13.2. The number of nitrogens with zero attached hydrogens (tertiary/aromatic N) is 2. The fourth-order valence-electron chi connectivity index (χ4n) is 3.75. The Morgan fingerprint density at radius 2 is 1.96 bits per heavy atom. The van der Waals surface area contributed by atoms with Crippen molar-refractivity contribution in [2.75, 3.05) is 19.6 Å². The number of hydrogen-bond acceptors (Lipinski definition) is 2. The molecular weight excluding hydrogens is 303 g/mol. The average Bonchev–Trinajstić information content (AvgIpc) is 2.83. The van der Waals surface area contributed by atoms with Gasteiger partial charge in [-0.15, -0.1) is 0 Å². The first kappa shape index (κ1) is 16.9. The van der Waals surface area contributed by atoms with E-state index in [0.717, 1.165) is 35.7 Å². The number of carbonyl (C=O) groups excluding carboxylic acids is 1. The van der Waals surface area contributed by atoms with Gasteiger partial charge in [0.15, 0.2) is 5.78 Å². The molecule has 1 fully saturated rings. The molecule has 0 aliphatic carbocycles. The molecule has 0 N–H and O–H groups in total. The Hall–Kier alpha value is -1.94. The van der Waals surface area contributed by atoms with Crippen molar-refractivity contribution < 1.29 is 9.18 Å². The molecule has 1 atom stereocenters. The van der Waals surface area contributed by atoms with Gasteiger partial charge >= 0.3 is 0 Å². The Bertz CT molecular complexity index is 733. The van der Waals surface area contributed by atoms with E-state index in [2.05, 4.69) is 11.8 Å². The third-order valence-electron chi connectivity index (χ3n) is 4.92. The van der Waals surface area contributed by atoms with Crippen LogP contribution in [0.4, 0.5) is 4.39 Å². The van der Waals surface area contributed by atoms with Gasteiger partial charge in [0.25, 0.3) is 0 Å². The molecule has 0 amide bonds. The number of rotatable bonds is 4. The number of halogens is 1. The summed E-state index contributed by atoms with van der Waals surface area (Å²) in [6.45, 7) is 8.68. The Balaban J connectivity index is 1.83. The summed E-state index contributed by atoms with van der Waals surface area (Å²) in [5.41, 5.74) is 3.58. The van der Waals surface area contributed by atoms with Gasteiger partial charge in [0.1, 0.15) is 5.82 Å². The lowest BCUT2D eigenvalue weighted by molar-refractivity contribution is 0.0892. The topological polar surface area (TPSA) is 25.2 Å². The molecule has 4 heteroatoms. The van der Waals surface area contributed by atoms with Crippen LogP contribution in [0.2, 0.25) is 0 Å². The zero-order chi connectivity index (χ0) is 17.3. The van der Waals surface area contributed by atoms with Crippen molar-refractivity contribution in [3.63, 3.8) is 0 Å². The molecule has 1 saturated heterocycles. The molecule has 0 saturated carbocycles. The molecule has 0 unspecified atom stereocenters. The molecule has 1 aromatic heterocycles. The molecule has 1 aliphatic heterocycles. The fourth-order valence-corrected chi connectivity index (χ4v) is 3.75. The molecule has 1 aliphatic rings. The lowest BCUT2D eigenvalue weighted by atomic mass is 9.99. The minimum Gasteiger partial charge on any atom is -0.318 e. The van der Waals surface area contributed by atoms with Crippen LogP contribution in [0, 0.1) is 25.6 Å². The number of carbonyl (C=O) groups is 1. The Morgan fingerprint density at radius 1 is 1.25 bits per heavy atom. The van der Waals surface area contributed by atoms with E-state index in [1.165, 1.54) is 25.0 Å². The number of benzene rings is 1.